The van der Waals surface area contributed by atoms with Crippen molar-refractivity contribution in [3.8, 4) is 5.88 Å². The zero-order chi connectivity index (χ0) is 27.6. The lowest BCUT2D eigenvalue weighted by atomic mass is 9.78. The third-order valence-corrected chi connectivity index (χ3v) is 8.53. The van der Waals surface area contributed by atoms with Gasteiger partial charge in [0, 0.05) is 62.4 Å². The quantitative estimate of drug-likeness (QED) is 0.413. The Morgan fingerprint density at radius 3 is 2.56 bits per heavy atom. The van der Waals surface area contributed by atoms with E-state index in [0.717, 1.165) is 75.0 Å². The fourth-order valence-electron chi connectivity index (χ4n) is 6.26. The highest BCUT2D eigenvalue weighted by Gasteiger charge is 2.31. The van der Waals surface area contributed by atoms with Crippen molar-refractivity contribution in [3.05, 3.63) is 58.3 Å². The number of halogens is 3. The number of hydrogen-bond donors (Lipinski definition) is 0. The molecule has 210 valence electrons. The Morgan fingerprint density at radius 1 is 1.05 bits per heavy atom. The van der Waals surface area contributed by atoms with Crippen LogP contribution in [0.4, 0.5) is 13.2 Å². The van der Waals surface area contributed by atoms with Crippen LogP contribution in [-0.2, 0) is 19.4 Å². The predicted octanol–water partition coefficient (Wildman–Crippen LogP) is 5.48. The fraction of sp³-hybridized carbons (Fsp3) is 0.567. The summed E-state index contributed by atoms with van der Waals surface area (Å²) in [6.07, 6.45) is 3.20. The van der Waals surface area contributed by atoms with E-state index in [9.17, 15) is 22.8 Å². The summed E-state index contributed by atoms with van der Waals surface area (Å²) in [7, 11) is 1.77. The van der Waals surface area contributed by atoms with Crippen molar-refractivity contribution in [2.45, 2.75) is 64.1 Å². The second-order valence-corrected chi connectivity index (χ2v) is 11.3. The molecule has 1 fully saturated rings. The summed E-state index contributed by atoms with van der Waals surface area (Å²) in [5.74, 6) is 1.22. The van der Waals surface area contributed by atoms with E-state index in [1.807, 2.05) is 24.3 Å². The Bertz CT molecular complexity index is 1210. The first kappa shape index (κ1) is 27.6. The molecule has 1 aromatic heterocycles. The number of hydrogen-bond acceptors (Lipinski definition) is 5. The van der Waals surface area contributed by atoms with Gasteiger partial charge >= 0.3 is 6.18 Å². The van der Waals surface area contributed by atoms with Crippen molar-refractivity contribution >= 4 is 11.7 Å². The molecular weight excluding hydrogens is 507 g/mol. The molecule has 0 bridgehead atoms. The highest BCUT2D eigenvalue weighted by atomic mass is 19.4. The van der Waals surface area contributed by atoms with Crippen LogP contribution in [0.2, 0.25) is 0 Å². The van der Waals surface area contributed by atoms with Crippen LogP contribution >= 0.6 is 0 Å². The molecule has 0 atom stereocenters. The van der Waals surface area contributed by atoms with E-state index >= 15 is 0 Å². The van der Waals surface area contributed by atoms with E-state index in [2.05, 4.69) is 9.88 Å². The first-order chi connectivity index (χ1) is 18.7. The van der Waals surface area contributed by atoms with E-state index in [0.29, 0.717) is 42.3 Å². The number of Topliss-reactive ketones (excluding diaryl/α,β-unsaturated/α-hetero) is 1. The van der Waals surface area contributed by atoms with Gasteiger partial charge in [-0.15, -0.1) is 0 Å². The number of carbonyl (C=O) groups excluding carboxylic acids is 2. The summed E-state index contributed by atoms with van der Waals surface area (Å²) in [5, 5.41) is 0. The molecule has 0 unspecified atom stereocenters. The van der Waals surface area contributed by atoms with E-state index in [-0.39, 0.29) is 17.6 Å². The number of nitrogens with zero attached hydrogens (tertiary/aromatic N) is 3. The van der Waals surface area contributed by atoms with Crippen LogP contribution in [0.5, 0.6) is 5.88 Å². The summed E-state index contributed by atoms with van der Waals surface area (Å²) in [6, 6.07) is 8.88. The molecule has 5 rings (SSSR count). The lowest BCUT2D eigenvalue weighted by molar-refractivity contribution is -0.154. The average Bonchev–Trinajstić information content (AvgIpc) is 3.07. The van der Waals surface area contributed by atoms with Gasteiger partial charge < -0.3 is 14.5 Å². The van der Waals surface area contributed by atoms with Gasteiger partial charge in [0.15, 0.2) is 12.4 Å². The third-order valence-electron chi connectivity index (χ3n) is 8.53. The number of pyridine rings is 1. The van der Waals surface area contributed by atoms with Crippen molar-refractivity contribution in [2.24, 2.45) is 11.8 Å². The molecule has 39 heavy (non-hydrogen) atoms. The minimum absolute atomic E-state index is 0.00981. The average molecular weight is 544 g/mol. The second kappa shape index (κ2) is 11.7. The van der Waals surface area contributed by atoms with E-state index in [1.165, 1.54) is 6.07 Å². The maximum Gasteiger partial charge on any atom is 0.422 e. The minimum Gasteiger partial charge on any atom is -0.468 e. The fourth-order valence-corrected chi connectivity index (χ4v) is 6.26. The second-order valence-electron chi connectivity index (χ2n) is 11.3. The summed E-state index contributed by atoms with van der Waals surface area (Å²) >= 11 is 0. The normalized spacial score (nSPS) is 21.8. The van der Waals surface area contributed by atoms with Gasteiger partial charge in [-0.25, -0.2) is 4.98 Å². The molecule has 1 saturated carbocycles. The van der Waals surface area contributed by atoms with Gasteiger partial charge in [0.25, 0.3) is 5.91 Å². The smallest absolute Gasteiger partial charge is 0.422 e. The third kappa shape index (κ3) is 6.80. The molecule has 3 heterocycles. The van der Waals surface area contributed by atoms with Crippen molar-refractivity contribution in [2.75, 3.05) is 33.3 Å². The van der Waals surface area contributed by atoms with Gasteiger partial charge in [-0.3, -0.25) is 9.59 Å². The van der Waals surface area contributed by atoms with Crippen LogP contribution in [0.15, 0.2) is 30.3 Å². The van der Waals surface area contributed by atoms with E-state index in [4.69, 9.17) is 4.74 Å². The number of carbonyl (C=O) groups is 2. The minimum atomic E-state index is -4.37. The van der Waals surface area contributed by atoms with Crippen LogP contribution in [-0.4, -0.2) is 65.9 Å². The topological polar surface area (TPSA) is 62.7 Å². The van der Waals surface area contributed by atoms with Crippen molar-refractivity contribution in [3.63, 3.8) is 0 Å². The van der Waals surface area contributed by atoms with Crippen LogP contribution < -0.4 is 4.74 Å². The summed E-state index contributed by atoms with van der Waals surface area (Å²) in [6.45, 7) is 1.94. The number of aromatic nitrogens is 1. The number of alkyl halides is 3. The maximum atomic E-state index is 13.1. The Morgan fingerprint density at radius 2 is 1.79 bits per heavy atom. The zero-order valence-electron chi connectivity index (χ0n) is 22.4. The lowest BCUT2D eigenvalue weighted by Gasteiger charge is -2.30. The van der Waals surface area contributed by atoms with Gasteiger partial charge in [-0.05, 0) is 61.3 Å². The molecular formula is C30H36F3N3O3. The molecule has 1 amide bonds. The highest BCUT2D eigenvalue weighted by Crippen LogP contribution is 2.35. The zero-order valence-corrected chi connectivity index (χ0v) is 22.4. The van der Waals surface area contributed by atoms with E-state index < -0.39 is 12.8 Å². The molecule has 0 spiro atoms. The summed E-state index contributed by atoms with van der Waals surface area (Å²) in [4.78, 5) is 33.9. The SMILES string of the molecule is CN1Cc2c(C(=O)CC3CCC(CCN4CCc5ccc(OCC(F)(F)F)nc5CC4)CC3)cccc2C1=O. The molecule has 3 aliphatic rings. The Kier molecular flexibility index (Phi) is 8.26. The van der Waals surface area contributed by atoms with Gasteiger partial charge in [-0.1, -0.05) is 31.0 Å². The standard InChI is InChI=1S/C30H36F3N3O3/c1-35-18-25-23(3-2-4-24(25)29(35)38)27(37)17-21-7-5-20(6-8-21)11-14-36-15-12-22-9-10-28(34-26(22)13-16-36)39-19-30(31,32)33/h2-4,9-10,20-21H,5-8,11-19H2,1H3. The van der Waals surface area contributed by atoms with E-state index in [1.54, 1.807) is 11.9 Å². The number of fused-ring (bicyclic) bond motifs is 2. The first-order valence-corrected chi connectivity index (χ1v) is 14.0. The number of ketones is 1. The largest absolute Gasteiger partial charge is 0.468 e. The molecule has 9 heteroatoms. The van der Waals surface area contributed by atoms with Crippen LogP contribution in [0, 0.1) is 11.8 Å². The summed E-state index contributed by atoms with van der Waals surface area (Å²) < 4.78 is 42.2. The Labute approximate surface area is 227 Å². The van der Waals surface area contributed by atoms with Crippen LogP contribution in [0.1, 0.15) is 76.1 Å². The molecule has 1 aliphatic carbocycles. The molecule has 0 saturated heterocycles. The molecule has 0 N–H and O–H groups in total. The van der Waals surface area contributed by atoms with Crippen molar-refractivity contribution in [1.29, 1.82) is 0 Å². The number of benzene rings is 1. The first-order valence-electron chi connectivity index (χ1n) is 14.0. The molecule has 2 aromatic rings. The van der Waals surface area contributed by atoms with Crippen LogP contribution in [0.3, 0.4) is 0 Å². The summed E-state index contributed by atoms with van der Waals surface area (Å²) in [5.41, 5.74) is 4.17. The molecule has 2 aliphatic heterocycles. The van der Waals surface area contributed by atoms with Gasteiger partial charge in [0.05, 0.1) is 0 Å². The maximum absolute atomic E-state index is 13.1. The lowest BCUT2D eigenvalue weighted by Crippen LogP contribution is -2.29. The Balaban J connectivity index is 1.05. The van der Waals surface area contributed by atoms with Gasteiger partial charge in [0.2, 0.25) is 5.88 Å². The number of rotatable bonds is 8. The van der Waals surface area contributed by atoms with Crippen LogP contribution in [0.25, 0.3) is 0 Å². The number of amides is 1. The van der Waals surface area contributed by atoms with Gasteiger partial charge in [-0.2, -0.15) is 13.2 Å². The number of ether oxygens (including phenoxy) is 1. The highest BCUT2D eigenvalue weighted by molar-refractivity contribution is 6.05. The predicted molar refractivity (Wildman–Crippen MR) is 141 cm³/mol. The van der Waals surface area contributed by atoms with Crippen molar-refractivity contribution < 1.29 is 27.5 Å². The van der Waals surface area contributed by atoms with Crippen molar-refractivity contribution in [1.82, 2.24) is 14.8 Å². The Hall–Kier alpha value is -2.94. The molecule has 1 aromatic carbocycles. The molecule has 0 radical (unpaired) electrons. The molecule has 6 nitrogen and oxygen atoms in total. The van der Waals surface area contributed by atoms with Gasteiger partial charge in [0.1, 0.15) is 0 Å². The monoisotopic (exact) mass is 543 g/mol.